The monoisotopic (exact) mass is 280 g/mol. The van der Waals surface area contributed by atoms with Crippen molar-refractivity contribution in [3.63, 3.8) is 0 Å². The first kappa shape index (κ1) is 14.8. The van der Waals surface area contributed by atoms with Crippen LogP contribution in [0.4, 0.5) is 0 Å². The SMILES string of the molecule is COC(=O)CC1(CSCCCS(C)(=O)=O)CC1. The quantitative estimate of drug-likeness (QED) is 0.498. The van der Waals surface area contributed by atoms with Gasteiger partial charge >= 0.3 is 5.97 Å². The third-order valence-corrected chi connectivity index (χ3v) is 5.34. The number of hydrogen-bond donors (Lipinski definition) is 0. The molecule has 1 fully saturated rings. The molecule has 1 rings (SSSR count). The molecule has 0 aromatic carbocycles. The molecule has 4 nitrogen and oxygen atoms in total. The summed E-state index contributed by atoms with van der Waals surface area (Å²) >= 11 is 1.74. The second-order valence-electron chi connectivity index (χ2n) is 4.79. The van der Waals surface area contributed by atoms with Gasteiger partial charge in [0.25, 0.3) is 0 Å². The average Bonchev–Trinajstić information content (AvgIpc) is 2.96. The Morgan fingerprint density at radius 1 is 1.41 bits per heavy atom. The van der Waals surface area contributed by atoms with Crippen LogP contribution in [0.5, 0.6) is 0 Å². The van der Waals surface area contributed by atoms with Gasteiger partial charge in [0.15, 0.2) is 0 Å². The van der Waals surface area contributed by atoms with E-state index in [0.717, 1.165) is 24.3 Å². The van der Waals surface area contributed by atoms with Gasteiger partial charge in [0.1, 0.15) is 9.84 Å². The van der Waals surface area contributed by atoms with E-state index in [1.807, 2.05) is 0 Å². The van der Waals surface area contributed by atoms with Gasteiger partial charge < -0.3 is 4.74 Å². The Morgan fingerprint density at radius 3 is 2.53 bits per heavy atom. The molecule has 0 aliphatic heterocycles. The largest absolute Gasteiger partial charge is 0.469 e. The zero-order valence-electron chi connectivity index (χ0n) is 10.4. The van der Waals surface area contributed by atoms with E-state index in [9.17, 15) is 13.2 Å². The number of esters is 1. The first-order valence-corrected chi connectivity index (χ1v) is 8.91. The number of rotatable bonds is 8. The van der Waals surface area contributed by atoms with Gasteiger partial charge in [0.05, 0.1) is 19.3 Å². The van der Waals surface area contributed by atoms with Crippen LogP contribution in [0, 0.1) is 5.41 Å². The van der Waals surface area contributed by atoms with E-state index in [4.69, 9.17) is 0 Å². The molecule has 0 saturated heterocycles. The number of methoxy groups -OCH3 is 1. The molecule has 0 atom stereocenters. The number of sulfone groups is 1. The molecule has 1 aliphatic rings. The van der Waals surface area contributed by atoms with E-state index in [1.54, 1.807) is 11.8 Å². The second kappa shape index (κ2) is 6.09. The lowest BCUT2D eigenvalue weighted by Gasteiger charge is -2.12. The van der Waals surface area contributed by atoms with Crippen molar-refractivity contribution in [2.24, 2.45) is 5.41 Å². The van der Waals surface area contributed by atoms with E-state index < -0.39 is 9.84 Å². The van der Waals surface area contributed by atoms with E-state index in [1.165, 1.54) is 13.4 Å². The highest BCUT2D eigenvalue weighted by Crippen LogP contribution is 2.51. The van der Waals surface area contributed by atoms with Gasteiger partial charge in [-0.2, -0.15) is 11.8 Å². The highest BCUT2D eigenvalue weighted by Gasteiger charge is 2.44. The van der Waals surface area contributed by atoms with Crippen LogP contribution in [0.25, 0.3) is 0 Å². The molecular formula is C11H20O4S2. The van der Waals surface area contributed by atoms with Crippen LogP contribution >= 0.6 is 11.8 Å². The fourth-order valence-electron chi connectivity index (χ4n) is 1.64. The van der Waals surface area contributed by atoms with E-state index >= 15 is 0 Å². The smallest absolute Gasteiger partial charge is 0.306 e. The normalized spacial score (nSPS) is 17.8. The Morgan fingerprint density at radius 2 is 2.06 bits per heavy atom. The van der Waals surface area contributed by atoms with Crippen LogP contribution in [-0.2, 0) is 19.4 Å². The molecule has 0 N–H and O–H groups in total. The third-order valence-electron chi connectivity index (χ3n) is 2.92. The van der Waals surface area contributed by atoms with E-state index in [0.29, 0.717) is 12.8 Å². The summed E-state index contributed by atoms with van der Waals surface area (Å²) in [5.41, 5.74) is 0.142. The zero-order chi connectivity index (χ0) is 12.9. The first-order valence-electron chi connectivity index (χ1n) is 5.69. The molecule has 0 radical (unpaired) electrons. The van der Waals surface area contributed by atoms with Crippen molar-refractivity contribution < 1.29 is 17.9 Å². The van der Waals surface area contributed by atoms with Gasteiger partial charge in [0, 0.05) is 6.26 Å². The topological polar surface area (TPSA) is 60.4 Å². The van der Waals surface area contributed by atoms with Crippen LogP contribution in [0.15, 0.2) is 0 Å². The lowest BCUT2D eigenvalue weighted by molar-refractivity contribution is -0.141. The predicted octanol–water partition coefficient (Wildman–Crippen LogP) is 1.50. The molecule has 1 saturated carbocycles. The summed E-state index contributed by atoms with van der Waals surface area (Å²) in [6, 6.07) is 0. The Kier molecular flexibility index (Phi) is 5.31. The van der Waals surface area contributed by atoms with Gasteiger partial charge in [-0.3, -0.25) is 4.79 Å². The molecule has 0 heterocycles. The summed E-state index contributed by atoms with van der Waals surface area (Å²) < 4.78 is 26.5. The standard InChI is InChI=1S/C11H20O4S2/c1-15-10(12)8-11(4-5-11)9-16-6-3-7-17(2,13)14/h3-9H2,1-2H3. The highest BCUT2D eigenvalue weighted by atomic mass is 32.2. The highest BCUT2D eigenvalue weighted by molar-refractivity contribution is 7.99. The maximum absolute atomic E-state index is 11.2. The summed E-state index contributed by atoms with van der Waals surface area (Å²) in [6.45, 7) is 0. The van der Waals surface area contributed by atoms with Crippen molar-refractivity contribution in [3.8, 4) is 0 Å². The summed E-state index contributed by atoms with van der Waals surface area (Å²) in [4.78, 5) is 11.2. The third kappa shape index (κ3) is 6.31. The molecule has 0 aromatic heterocycles. The van der Waals surface area contributed by atoms with Crippen LogP contribution < -0.4 is 0 Å². The van der Waals surface area contributed by atoms with Crippen LogP contribution in [0.1, 0.15) is 25.7 Å². The van der Waals surface area contributed by atoms with Crippen molar-refractivity contribution in [2.45, 2.75) is 25.7 Å². The fourth-order valence-corrected chi connectivity index (χ4v) is 3.81. The van der Waals surface area contributed by atoms with Crippen molar-refractivity contribution in [1.82, 2.24) is 0 Å². The molecule has 0 amide bonds. The van der Waals surface area contributed by atoms with E-state index in [-0.39, 0.29) is 17.1 Å². The minimum absolute atomic E-state index is 0.140. The molecule has 1 aliphatic carbocycles. The van der Waals surface area contributed by atoms with Gasteiger partial charge in [-0.25, -0.2) is 8.42 Å². The minimum atomic E-state index is -2.83. The van der Waals surface area contributed by atoms with Crippen molar-refractivity contribution in [3.05, 3.63) is 0 Å². The second-order valence-corrected chi connectivity index (χ2v) is 8.15. The molecule has 0 aromatic rings. The Balaban J connectivity index is 2.12. The van der Waals surface area contributed by atoms with Crippen molar-refractivity contribution >= 4 is 27.6 Å². The Labute approximate surface area is 107 Å². The molecule has 0 spiro atoms. The molecule has 0 bridgehead atoms. The number of carbonyl (C=O) groups is 1. The van der Waals surface area contributed by atoms with Gasteiger partial charge in [0.2, 0.25) is 0 Å². The van der Waals surface area contributed by atoms with Crippen LogP contribution in [0.3, 0.4) is 0 Å². The van der Waals surface area contributed by atoms with Crippen LogP contribution in [0.2, 0.25) is 0 Å². The van der Waals surface area contributed by atoms with Gasteiger partial charge in [-0.1, -0.05) is 0 Å². The zero-order valence-corrected chi connectivity index (χ0v) is 12.0. The average molecular weight is 280 g/mol. The van der Waals surface area contributed by atoms with Crippen molar-refractivity contribution in [2.75, 3.05) is 30.6 Å². The number of carbonyl (C=O) groups excluding carboxylic acids is 1. The molecule has 0 unspecified atom stereocenters. The molecule has 6 heteroatoms. The summed E-state index contributed by atoms with van der Waals surface area (Å²) in [6.07, 6.45) is 4.63. The lowest BCUT2D eigenvalue weighted by atomic mass is 10.1. The number of ether oxygens (including phenoxy) is 1. The Hall–Kier alpha value is -0.230. The molecule has 17 heavy (non-hydrogen) atoms. The fraction of sp³-hybridized carbons (Fsp3) is 0.909. The molecule has 100 valence electrons. The van der Waals surface area contributed by atoms with Crippen molar-refractivity contribution in [1.29, 1.82) is 0 Å². The van der Waals surface area contributed by atoms with Crippen LogP contribution in [-0.4, -0.2) is 45.0 Å². The van der Waals surface area contributed by atoms with Gasteiger partial charge in [-0.05, 0) is 36.2 Å². The Bertz CT molecular complexity index is 358. The minimum Gasteiger partial charge on any atom is -0.469 e. The first-order chi connectivity index (χ1) is 7.87. The maximum Gasteiger partial charge on any atom is 0.306 e. The summed E-state index contributed by atoms with van der Waals surface area (Å²) in [5, 5.41) is 0. The summed E-state index contributed by atoms with van der Waals surface area (Å²) in [7, 11) is -1.42. The summed E-state index contributed by atoms with van der Waals surface area (Å²) in [5.74, 6) is 1.89. The number of thioether (sulfide) groups is 1. The number of hydrogen-bond acceptors (Lipinski definition) is 5. The van der Waals surface area contributed by atoms with Gasteiger partial charge in [-0.15, -0.1) is 0 Å². The molecular weight excluding hydrogens is 260 g/mol. The predicted molar refractivity (Wildman–Crippen MR) is 70.0 cm³/mol. The lowest BCUT2D eigenvalue weighted by Crippen LogP contribution is -2.13. The maximum atomic E-state index is 11.2. The van der Waals surface area contributed by atoms with E-state index in [2.05, 4.69) is 4.74 Å².